The third-order valence-corrected chi connectivity index (χ3v) is 2.93. The van der Waals surface area contributed by atoms with Gasteiger partial charge in [-0.2, -0.15) is 0 Å². The monoisotopic (exact) mass is 172 g/mol. The van der Waals surface area contributed by atoms with Crippen LogP contribution in [0.5, 0.6) is 0 Å². The highest BCUT2D eigenvalue weighted by molar-refractivity contribution is 5.54. The summed E-state index contributed by atoms with van der Waals surface area (Å²) < 4.78 is 5.52. The van der Waals surface area contributed by atoms with Gasteiger partial charge in [0.05, 0.1) is 0 Å². The molecule has 3 rings (SSSR count). The fourth-order valence-electron chi connectivity index (χ4n) is 2.25. The molecule has 3 aliphatic rings. The van der Waals surface area contributed by atoms with Crippen LogP contribution in [0.15, 0.2) is 46.8 Å². The van der Waals surface area contributed by atoms with Crippen LogP contribution in [-0.2, 0) is 4.74 Å². The molecule has 0 unspecified atom stereocenters. The Hall–Kier alpha value is -1.24. The summed E-state index contributed by atoms with van der Waals surface area (Å²) in [5.74, 6) is 1.12. The molecule has 0 atom stereocenters. The third kappa shape index (κ3) is 0.998. The second-order valence-corrected chi connectivity index (χ2v) is 3.66. The van der Waals surface area contributed by atoms with Crippen LogP contribution in [-0.4, -0.2) is 6.61 Å². The van der Waals surface area contributed by atoms with Gasteiger partial charge in [0, 0.05) is 5.57 Å². The van der Waals surface area contributed by atoms with Crippen LogP contribution in [0.1, 0.15) is 19.3 Å². The molecule has 66 valence electrons. The molecule has 1 heterocycles. The number of hydrogen-bond donors (Lipinski definition) is 0. The molecule has 0 saturated heterocycles. The third-order valence-electron chi connectivity index (χ3n) is 2.93. The molecule has 0 radical (unpaired) electrons. The topological polar surface area (TPSA) is 9.23 Å². The van der Waals surface area contributed by atoms with E-state index in [0.717, 1.165) is 31.6 Å². The molecule has 1 aliphatic heterocycles. The Labute approximate surface area is 78.1 Å². The van der Waals surface area contributed by atoms with E-state index in [1.54, 1.807) is 5.57 Å². The second-order valence-electron chi connectivity index (χ2n) is 3.66. The van der Waals surface area contributed by atoms with Gasteiger partial charge in [0.15, 0.2) is 0 Å². The average molecular weight is 172 g/mol. The van der Waals surface area contributed by atoms with Crippen molar-refractivity contribution >= 4 is 0 Å². The first kappa shape index (κ1) is 7.19. The molecule has 2 aliphatic carbocycles. The Morgan fingerprint density at radius 3 is 2.92 bits per heavy atom. The zero-order valence-electron chi connectivity index (χ0n) is 7.55. The molecule has 0 bridgehead atoms. The van der Waals surface area contributed by atoms with Gasteiger partial charge in [0.25, 0.3) is 0 Å². The van der Waals surface area contributed by atoms with Gasteiger partial charge in [-0.25, -0.2) is 0 Å². The van der Waals surface area contributed by atoms with E-state index in [-0.39, 0.29) is 0 Å². The van der Waals surface area contributed by atoms with Crippen molar-refractivity contribution < 1.29 is 4.74 Å². The summed E-state index contributed by atoms with van der Waals surface area (Å²) in [4.78, 5) is 0. The number of rotatable bonds is 0. The number of allylic oxidation sites excluding steroid dienone is 5. The lowest BCUT2D eigenvalue weighted by molar-refractivity contribution is 0.274. The number of hydrogen-bond acceptors (Lipinski definition) is 1. The normalized spacial score (nSPS) is 24.6. The van der Waals surface area contributed by atoms with E-state index in [1.165, 1.54) is 11.1 Å². The van der Waals surface area contributed by atoms with Crippen molar-refractivity contribution in [2.24, 2.45) is 0 Å². The Morgan fingerprint density at radius 2 is 1.92 bits per heavy atom. The van der Waals surface area contributed by atoms with Gasteiger partial charge in [0.2, 0.25) is 0 Å². The van der Waals surface area contributed by atoms with Crippen LogP contribution < -0.4 is 0 Å². The Kier molecular flexibility index (Phi) is 1.45. The SMILES string of the molecule is C1=CCC2=C(C1)CC=C1OCC=C12. The highest BCUT2D eigenvalue weighted by atomic mass is 16.5. The summed E-state index contributed by atoms with van der Waals surface area (Å²) in [5.41, 5.74) is 4.48. The zero-order valence-corrected chi connectivity index (χ0v) is 7.55. The number of fused-ring (bicyclic) bond motifs is 2. The summed E-state index contributed by atoms with van der Waals surface area (Å²) in [6.07, 6.45) is 12.3. The quantitative estimate of drug-likeness (QED) is 0.510. The van der Waals surface area contributed by atoms with Gasteiger partial charge in [-0.1, -0.05) is 17.7 Å². The minimum Gasteiger partial charge on any atom is -0.489 e. The maximum Gasteiger partial charge on any atom is 0.123 e. The van der Waals surface area contributed by atoms with Crippen molar-refractivity contribution in [1.82, 2.24) is 0 Å². The van der Waals surface area contributed by atoms with Gasteiger partial charge in [-0.15, -0.1) is 0 Å². The Bertz CT molecular complexity index is 367. The minimum absolute atomic E-state index is 0.766. The number of ether oxygens (including phenoxy) is 1. The van der Waals surface area contributed by atoms with Crippen LogP contribution in [0, 0.1) is 0 Å². The molecule has 1 nitrogen and oxygen atoms in total. The standard InChI is InChI=1S/C12H12O/c1-2-4-10-9(3-1)5-6-12-11(10)7-8-13-12/h1-2,6-7H,3-5,8H2. The maximum atomic E-state index is 5.52. The minimum atomic E-state index is 0.766. The maximum absolute atomic E-state index is 5.52. The summed E-state index contributed by atoms with van der Waals surface area (Å²) in [7, 11) is 0. The molecule has 0 fully saturated rings. The lowest BCUT2D eigenvalue weighted by Crippen LogP contribution is -2.04. The second kappa shape index (κ2) is 2.63. The smallest absolute Gasteiger partial charge is 0.123 e. The molecule has 0 N–H and O–H groups in total. The first-order valence-electron chi connectivity index (χ1n) is 4.85. The highest BCUT2D eigenvalue weighted by Crippen LogP contribution is 2.38. The van der Waals surface area contributed by atoms with Crippen molar-refractivity contribution in [3.63, 3.8) is 0 Å². The van der Waals surface area contributed by atoms with Crippen LogP contribution in [0.2, 0.25) is 0 Å². The molecule has 0 aromatic heterocycles. The largest absolute Gasteiger partial charge is 0.489 e. The van der Waals surface area contributed by atoms with E-state index in [2.05, 4.69) is 24.3 Å². The fraction of sp³-hybridized carbons (Fsp3) is 0.333. The molecule has 0 saturated carbocycles. The summed E-state index contributed by atoms with van der Waals surface area (Å²) in [6.45, 7) is 0.766. The fourth-order valence-corrected chi connectivity index (χ4v) is 2.25. The van der Waals surface area contributed by atoms with Crippen molar-refractivity contribution in [3.8, 4) is 0 Å². The van der Waals surface area contributed by atoms with E-state index in [4.69, 9.17) is 4.74 Å². The summed E-state index contributed by atoms with van der Waals surface area (Å²) >= 11 is 0. The van der Waals surface area contributed by atoms with Gasteiger partial charge >= 0.3 is 0 Å². The van der Waals surface area contributed by atoms with E-state index in [0.29, 0.717) is 0 Å². The molecule has 1 heteroatoms. The van der Waals surface area contributed by atoms with Crippen molar-refractivity contribution in [2.45, 2.75) is 19.3 Å². The first-order chi connectivity index (χ1) is 6.45. The Morgan fingerprint density at radius 1 is 1.00 bits per heavy atom. The van der Waals surface area contributed by atoms with Crippen molar-refractivity contribution in [3.05, 3.63) is 46.8 Å². The average Bonchev–Trinajstić information content (AvgIpc) is 2.65. The van der Waals surface area contributed by atoms with Crippen LogP contribution >= 0.6 is 0 Å². The highest BCUT2D eigenvalue weighted by Gasteiger charge is 2.23. The molecular formula is C12H12O. The van der Waals surface area contributed by atoms with Crippen LogP contribution in [0.25, 0.3) is 0 Å². The van der Waals surface area contributed by atoms with Crippen LogP contribution in [0.3, 0.4) is 0 Å². The predicted molar refractivity (Wildman–Crippen MR) is 52.1 cm³/mol. The van der Waals surface area contributed by atoms with Gasteiger partial charge < -0.3 is 4.74 Å². The predicted octanol–water partition coefficient (Wildman–Crippen LogP) is 2.88. The van der Waals surface area contributed by atoms with E-state index in [9.17, 15) is 0 Å². The Balaban J connectivity index is 2.05. The van der Waals surface area contributed by atoms with Gasteiger partial charge in [-0.05, 0) is 37.0 Å². The van der Waals surface area contributed by atoms with E-state index >= 15 is 0 Å². The van der Waals surface area contributed by atoms with E-state index in [1.807, 2.05) is 0 Å². The van der Waals surface area contributed by atoms with Gasteiger partial charge in [-0.3, -0.25) is 0 Å². The first-order valence-corrected chi connectivity index (χ1v) is 4.85. The van der Waals surface area contributed by atoms with Gasteiger partial charge in [0.1, 0.15) is 12.4 Å². The lowest BCUT2D eigenvalue weighted by Gasteiger charge is -2.21. The molecule has 0 spiro atoms. The molecule has 0 aromatic rings. The van der Waals surface area contributed by atoms with E-state index < -0.39 is 0 Å². The van der Waals surface area contributed by atoms with Crippen LogP contribution in [0.4, 0.5) is 0 Å². The molecular weight excluding hydrogens is 160 g/mol. The molecule has 13 heavy (non-hydrogen) atoms. The molecule has 0 amide bonds. The van der Waals surface area contributed by atoms with Crippen molar-refractivity contribution in [1.29, 1.82) is 0 Å². The zero-order chi connectivity index (χ0) is 8.67. The summed E-state index contributed by atoms with van der Waals surface area (Å²) in [5, 5.41) is 0. The summed E-state index contributed by atoms with van der Waals surface area (Å²) in [6, 6.07) is 0. The lowest BCUT2D eigenvalue weighted by atomic mass is 9.85. The van der Waals surface area contributed by atoms with Crippen molar-refractivity contribution in [2.75, 3.05) is 6.61 Å². The molecule has 0 aromatic carbocycles.